The summed E-state index contributed by atoms with van der Waals surface area (Å²) in [5.74, 6) is 2.45. The van der Waals surface area contributed by atoms with Crippen LogP contribution in [0.4, 0.5) is 10.5 Å². The van der Waals surface area contributed by atoms with E-state index in [1.807, 2.05) is 37.8 Å². The minimum absolute atomic E-state index is 0.0895. The minimum Gasteiger partial charge on any atom is -0.387 e. The SMILES string of the molecule is Cc1nc(-n2cncn2)ccc1NCC[C@@H](C)C1CCN(C(=O)N=C(N)C(C)C)CC1. The van der Waals surface area contributed by atoms with Gasteiger partial charge in [0.2, 0.25) is 0 Å². The number of hydrogen-bond acceptors (Lipinski definition) is 5. The Morgan fingerprint density at radius 2 is 2.03 bits per heavy atom. The van der Waals surface area contributed by atoms with Crippen molar-refractivity contribution in [3.8, 4) is 5.82 Å². The van der Waals surface area contributed by atoms with Gasteiger partial charge in [-0.2, -0.15) is 10.1 Å². The molecule has 1 aliphatic heterocycles. The van der Waals surface area contributed by atoms with Crippen molar-refractivity contribution in [2.24, 2.45) is 28.5 Å². The summed E-state index contributed by atoms with van der Waals surface area (Å²) in [7, 11) is 0. The maximum Gasteiger partial charge on any atom is 0.345 e. The molecule has 3 rings (SSSR count). The van der Waals surface area contributed by atoms with E-state index in [4.69, 9.17) is 5.73 Å². The standard InChI is InChI=1S/C22H34N8O/c1-15(2)21(23)28-22(31)29-11-8-18(9-12-29)16(3)7-10-25-19-5-6-20(27-17(19)4)30-14-24-13-26-30/h5-6,13-16,18,25H,7-12H2,1-4H3,(H2,23,28,31)/t16-/m1/s1. The number of carbonyl (C=O) groups excluding carboxylic acids is 1. The molecule has 31 heavy (non-hydrogen) atoms. The van der Waals surface area contributed by atoms with Crippen LogP contribution in [0.2, 0.25) is 0 Å². The normalized spacial score (nSPS) is 16.5. The number of anilines is 1. The lowest BCUT2D eigenvalue weighted by Gasteiger charge is -2.34. The molecule has 1 atom stereocenters. The molecule has 3 heterocycles. The number of piperidine rings is 1. The van der Waals surface area contributed by atoms with Crippen LogP contribution in [0.25, 0.3) is 5.82 Å². The quantitative estimate of drug-likeness (QED) is 0.519. The Morgan fingerprint density at radius 3 is 2.65 bits per heavy atom. The van der Waals surface area contributed by atoms with Gasteiger partial charge in [-0.3, -0.25) is 0 Å². The van der Waals surface area contributed by atoms with Gasteiger partial charge in [-0.15, -0.1) is 0 Å². The molecule has 0 aromatic carbocycles. The van der Waals surface area contributed by atoms with Gasteiger partial charge in [0.25, 0.3) is 0 Å². The van der Waals surface area contributed by atoms with E-state index in [9.17, 15) is 4.79 Å². The van der Waals surface area contributed by atoms with Crippen molar-refractivity contribution in [2.45, 2.75) is 47.0 Å². The highest BCUT2D eigenvalue weighted by atomic mass is 16.2. The summed E-state index contributed by atoms with van der Waals surface area (Å²) in [5, 5.41) is 7.63. The van der Waals surface area contributed by atoms with Crippen LogP contribution in [-0.4, -0.2) is 56.1 Å². The third-order valence-corrected chi connectivity index (χ3v) is 6.07. The predicted octanol–water partition coefficient (Wildman–Crippen LogP) is 3.25. The summed E-state index contributed by atoms with van der Waals surface area (Å²) >= 11 is 0. The number of rotatable bonds is 7. The molecule has 0 aliphatic carbocycles. The number of aliphatic imine (C=N–C) groups is 1. The fourth-order valence-electron chi connectivity index (χ4n) is 3.83. The van der Waals surface area contributed by atoms with Gasteiger partial charge in [0.05, 0.1) is 11.4 Å². The first kappa shape index (κ1) is 22.7. The summed E-state index contributed by atoms with van der Waals surface area (Å²) in [6, 6.07) is 3.78. The second kappa shape index (κ2) is 10.4. The summed E-state index contributed by atoms with van der Waals surface area (Å²) in [6.45, 7) is 10.6. The van der Waals surface area contributed by atoms with Gasteiger partial charge in [0.1, 0.15) is 18.5 Å². The number of urea groups is 1. The summed E-state index contributed by atoms with van der Waals surface area (Å²) in [5.41, 5.74) is 7.81. The molecule has 0 saturated carbocycles. The molecule has 0 radical (unpaired) electrons. The Morgan fingerprint density at radius 1 is 1.29 bits per heavy atom. The molecule has 0 spiro atoms. The lowest BCUT2D eigenvalue weighted by atomic mass is 9.83. The van der Waals surface area contributed by atoms with Gasteiger partial charge >= 0.3 is 6.03 Å². The van der Waals surface area contributed by atoms with Crippen molar-refractivity contribution < 1.29 is 4.79 Å². The zero-order valence-corrected chi connectivity index (χ0v) is 19.0. The van der Waals surface area contributed by atoms with E-state index in [0.29, 0.717) is 17.7 Å². The number of amidine groups is 1. The van der Waals surface area contributed by atoms with Crippen LogP contribution < -0.4 is 11.1 Å². The van der Waals surface area contributed by atoms with Gasteiger partial charge in [0, 0.05) is 25.6 Å². The van der Waals surface area contributed by atoms with Crippen LogP contribution in [0.1, 0.15) is 45.7 Å². The Bertz CT molecular complexity index is 885. The van der Waals surface area contributed by atoms with Crippen LogP contribution in [0.15, 0.2) is 29.8 Å². The third-order valence-electron chi connectivity index (χ3n) is 6.07. The smallest absolute Gasteiger partial charge is 0.345 e. The third kappa shape index (κ3) is 6.02. The van der Waals surface area contributed by atoms with Gasteiger partial charge in [-0.1, -0.05) is 20.8 Å². The number of pyridine rings is 1. The van der Waals surface area contributed by atoms with Crippen molar-refractivity contribution in [3.63, 3.8) is 0 Å². The highest BCUT2D eigenvalue weighted by molar-refractivity contribution is 5.93. The maximum absolute atomic E-state index is 12.3. The number of aryl methyl sites for hydroxylation is 1. The average molecular weight is 427 g/mol. The van der Waals surface area contributed by atoms with Gasteiger partial charge in [-0.05, 0) is 50.2 Å². The van der Waals surface area contributed by atoms with Crippen molar-refractivity contribution >= 4 is 17.6 Å². The molecular weight excluding hydrogens is 392 g/mol. The highest BCUT2D eigenvalue weighted by Crippen LogP contribution is 2.27. The van der Waals surface area contributed by atoms with Crippen molar-refractivity contribution in [1.29, 1.82) is 0 Å². The van der Waals surface area contributed by atoms with Crippen LogP contribution in [-0.2, 0) is 0 Å². The number of amides is 2. The van der Waals surface area contributed by atoms with Crippen LogP contribution in [0, 0.1) is 24.7 Å². The van der Waals surface area contributed by atoms with Gasteiger partial charge < -0.3 is 16.0 Å². The zero-order valence-electron chi connectivity index (χ0n) is 19.0. The van der Waals surface area contributed by atoms with E-state index in [2.05, 4.69) is 32.3 Å². The number of likely N-dealkylation sites (tertiary alicyclic amines) is 1. The number of nitrogens with one attached hydrogen (secondary N) is 1. The largest absolute Gasteiger partial charge is 0.387 e. The number of hydrogen-bond donors (Lipinski definition) is 2. The lowest BCUT2D eigenvalue weighted by molar-refractivity contribution is 0.158. The van der Waals surface area contributed by atoms with Crippen molar-refractivity contribution in [2.75, 3.05) is 25.0 Å². The molecule has 9 heteroatoms. The molecule has 2 aromatic rings. The summed E-state index contributed by atoms with van der Waals surface area (Å²) in [6.07, 6.45) is 6.23. The van der Waals surface area contributed by atoms with Crippen LogP contribution >= 0.6 is 0 Å². The lowest BCUT2D eigenvalue weighted by Crippen LogP contribution is -2.39. The van der Waals surface area contributed by atoms with Crippen molar-refractivity contribution in [3.05, 3.63) is 30.5 Å². The second-order valence-corrected chi connectivity index (χ2v) is 8.63. The van der Waals surface area contributed by atoms with Gasteiger partial charge in [0.15, 0.2) is 5.82 Å². The van der Waals surface area contributed by atoms with E-state index in [0.717, 1.165) is 56.1 Å². The fourth-order valence-corrected chi connectivity index (χ4v) is 3.83. The molecule has 0 bridgehead atoms. The number of carbonyl (C=O) groups is 1. The van der Waals surface area contributed by atoms with Crippen LogP contribution in [0.5, 0.6) is 0 Å². The monoisotopic (exact) mass is 426 g/mol. The summed E-state index contributed by atoms with van der Waals surface area (Å²) in [4.78, 5) is 26.7. The highest BCUT2D eigenvalue weighted by Gasteiger charge is 2.26. The molecular formula is C22H34N8O. The molecule has 0 unspecified atom stereocenters. The Labute approximate surface area is 184 Å². The molecule has 3 N–H and O–H groups in total. The maximum atomic E-state index is 12.3. The Hall–Kier alpha value is -2.97. The molecule has 1 saturated heterocycles. The van der Waals surface area contributed by atoms with Crippen LogP contribution in [0.3, 0.4) is 0 Å². The van der Waals surface area contributed by atoms with E-state index >= 15 is 0 Å². The van der Waals surface area contributed by atoms with Crippen molar-refractivity contribution in [1.82, 2.24) is 24.6 Å². The van der Waals surface area contributed by atoms with E-state index in [1.54, 1.807) is 11.0 Å². The molecule has 1 fully saturated rings. The zero-order chi connectivity index (χ0) is 22.4. The summed E-state index contributed by atoms with van der Waals surface area (Å²) < 4.78 is 1.65. The molecule has 2 aromatic heterocycles. The minimum atomic E-state index is -0.198. The number of aromatic nitrogens is 4. The van der Waals surface area contributed by atoms with E-state index < -0.39 is 0 Å². The average Bonchev–Trinajstić information content (AvgIpc) is 3.29. The first-order chi connectivity index (χ1) is 14.8. The predicted molar refractivity (Wildman–Crippen MR) is 122 cm³/mol. The topological polar surface area (TPSA) is 114 Å². The Kier molecular flexibility index (Phi) is 7.59. The fraction of sp³-hybridized carbons (Fsp3) is 0.591. The number of nitrogens with two attached hydrogens (primary N) is 1. The van der Waals surface area contributed by atoms with E-state index in [-0.39, 0.29) is 11.9 Å². The molecule has 2 amide bonds. The molecule has 1 aliphatic rings. The van der Waals surface area contributed by atoms with E-state index in [1.165, 1.54) is 6.33 Å². The number of nitrogens with zero attached hydrogens (tertiary/aromatic N) is 6. The first-order valence-corrected chi connectivity index (χ1v) is 11.0. The molecule has 9 nitrogen and oxygen atoms in total. The molecule has 168 valence electrons. The van der Waals surface area contributed by atoms with Gasteiger partial charge in [-0.25, -0.2) is 19.4 Å². The first-order valence-electron chi connectivity index (χ1n) is 11.0. The Balaban J connectivity index is 1.43. The second-order valence-electron chi connectivity index (χ2n) is 8.63.